The van der Waals surface area contributed by atoms with Crippen LogP contribution in [0.25, 0.3) is 0 Å². The zero-order valence-corrected chi connectivity index (χ0v) is 46.6. The molecule has 1 aliphatic heterocycles. The number of hydrogen-bond acceptors (Lipinski definition) is 8. The predicted octanol–water partition coefficient (Wildman–Crippen LogP) is 15.8. The highest BCUT2D eigenvalue weighted by molar-refractivity contribution is 5.76. The van der Waals surface area contributed by atoms with Gasteiger partial charge in [-0.2, -0.15) is 0 Å². The molecule has 9 nitrogen and oxygen atoms in total. The van der Waals surface area contributed by atoms with E-state index in [1.807, 2.05) is 0 Å². The zero-order valence-electron chi connectivity index (χ0n) is 46.6. The molecule has 6 N–H and O–H groups in total. The van der Waals surface area contributed by atoms with E-state index in [0.717, 1.165) is 38.5 Å². The van der Waals surface area contributed by atoms with E-state index in [2.05, 4.69) is 19.2 Å². The van der Waals surface area contributed by atoms with Crippen LogP contribution in [0.2, 0.25) is 0 Å². The van der Waals surface area contributed by atoms with E-state index in [-0.39, 0.29) is 12.5 Å². The molecule has 1 heterocycles. The number of ether oxygens (including phenoxy) is 2. The Balaban J connectivity index is 2.00. The van der Waals surface area contributed by atoms with Gasteiger partial charge in [0.25, 0.3) is 0 Å². The Bertz CT molecular complexity index is 1060. The van der Waals surface area contributed by atoms with Gasteiger partial charge in [0.2, 0.25) is 5.91 Å². The first-order valence-electron chi connectivity index (χ1n) is 31.2. The number of carbonyl (C=O) groups excluding carboxylic acids is 1. The zero-order chi connectivity index (χ0) is 50.8. The number of aliphatic hydroxyl groups is 5. The van der Waals surface area contributed by atoms with Gasteiger partial charge in [0, 0.05) is 6.42 Å². The third-order valence-electron chi connectivity index (χ3n) is 15.5. The first kappa shape index (κ1) is 67.2. The molecule has 1 amide bonds. The summed E-state index contributed by atoms with van der Waals surface area (Å²) in [5.74, 6) is -0.137. The minimum absolute atomic E-state index is 0.132. The Morgan fingerprint density at radius 1 is 0.429 bits per heavy atom. The van der Waals surface area contributed by atoms with Crippen LogP contribution in [0.15, 0.2) is 0 Å². The standard InChI is InChI=1S/C61H121NO8/c1-3-5-7-9-11-13-15-16-17-18-19-20-21-22-23-24-25-26-27-28-29-30-31-32-33-34-35-36-37-38-39-41-43-45-47-49-51-57(65)62-54(53-69-61-60(68)59(67)58(66)56(52-63)70-61)55(64)50-48-46-44-42-40-14-12-10-8-6-4-2/h54-56,58-61,63-64,66-68H,3-53H2,1-2H3,(H,62,65)/t54-,55+,56+,58+,59?,60?,61+/m0/s1. The van der Waals surface area contributed by atoms with E-state index < -0.39 is 49.5 Å². The molecule has 70 heavy (non-hydrogen) atoms. The molecule has 1 rings (SSSR count). The molecule has 2 unspecified atom stereocenters. The largest absolute Gasteiger partial charge is 0.394 e. The van der Waals surface area contributed by atoms with E-state index in [1.54, 1.807) is 0 Å². The molecule has 1 aliphatic rings. The number of aliphatic hydroxyl groups excluding tert-OH is 5. The molecule has 9 heteroatoms. The quantitative estimate of drug-likeness (QED) is 0.0330. The van der Waals surface area contributed by atoms with Crippen LogP contribution < -0.4 is 5.32 Å². The van der Waals surface area contributed by atoms with Crippen molar-refractivity contribution < 1.29 is 39.8 Å². The summed E-state index contributed by atoms with van der Waals surface area (Å²) in [6, 6.07) is -0.712. The van der Waals surface area contributed by atoms with Crippen LogP contribution in [-0.4, -0.2) is 87.5 Å². The molecule has 418 valence electrons. The number of unbranched alkanes of at least 4 members (excludes halogenated alkanes) is 45. The molecule has 0 aromatic carbocycles. The van der Waals surface area contributed by atoms with E-state index >= 15 is 0 Å². The fourth-order valence-corrected chi connectivity index (χ4v) is 10.5. The summed E-state index contributed by atoms with van der Waals surface area (Å²) in [4.78, 5) is 13.0. The SMILES string of the molecule is CCCCCCCCCCCCCCCCCCCCCCCCCCCCCCCCCCCCCCC(=O)N[C@@H](CO[C@@H]1O[C@H](CO)[C@@H](O)C(O)C1O)[C@H](O)CCCCCCCCCCCCC. The van der Waals surface area contributed by atoms with Gasteiger partial charge in [0.15, 0.2) is 6.29 Å². The van der Waals surface area contributed by atoms with Crippen LogP contribution in [0.3, 0.4) is 0 Å². The van der Waals surface area contributed by atoms with Gasteiger partial charge in [0.1, 0.15) is 24.4 Å². The number of amides is 1. The normalized spacial score (nSPS) is 19.2. The summed E-state index contributed by atoms with van der Waals surface area (Å²) in [7, 11) is 0. The van der Waals surface area contributed by atoms with Crippen LogP contribution in [-0.2, 0) is 14.3 Å². The van der Waals surface area contributed by atoms with Gasteiger partial charge >= 0.3 is 0 Å². The Hall–Kier alpha value is -0.810. The minimum atomic E-state index is -1.55. The Labute approximate surface area is 434 Å². The molecule has 7 atom stereocenters. The monoisotopic (exact) mass is 996 g/mol. The molecular weight excluding hydrogens is 875 g/mol. The van der Waals surface area contributed by atoms with Crippen LogP contribution in [0.5, 0.6) is 0 Å². The summed E-state index contributed by atoms with van der Waals surface area (Å²) in [6.45, 7) is 3.86. The maximum Gasteiger partial charge on any atom is 0.220 e. The highest BCUT2D eigenvalue weighted by atomic mass is 16.7. The topological polar surface area (TPSA) is 149 Å². The highest BCUT2D eigenvalue weighted by Gasteiger charge is 2.44. The molecule has 0 aromatic rings. The van der Waals surface area contributed by atoms with Crippen molar-refractivity contribution in [3.63, 3.8) is 0 Å². The predicted molar refractivity (Wildman–Crippen MR) is 295 cm³/mol. The first-order valence-corrected chi connectivity index (χ1v) is 31.2. The van der Waals surface area contributed by atoms with Crippen LogP contribution >= 0.6 is 0 Å². The lowest BCUT2D eigenvalue weighted by molar-refractivity contribution is -0.302. The molecule has 1 saturated heterocycles. The molecule has 1 fully saturated rings. The second-order valence-electron chi connectivity index (χ2n) is 22.2. The van der Waals surface area contributed by atoms with E-state index in [4.69, 9.17) is 9.47 Å². The van der Waals surface area contributed by atoms with Crippen molar-refractivity contribution in [2.75, 3.05) is 13.2 Å². The fourth-order valence-electron chi connectivity index (χ4n) is 10.5. The van der Waals surface area contributed by atoms with Gasteiger partial charge in [-0.3, -0.25) is 4.79 Å². The number of nitrogens with one attached hydrogen (secondary N) is 1. The highest BCUT2D eigenvalue weighted by Crippen LogP contribution is 2.24. The van der Waals surface area contributed by atoms with Gasteiger partial charge in [-0.05, 0) is 12.8 Å². The Morgan fingerprint density at radius 2 is 0.714 bits per heavy atom. The first-order chi connectivity index (χ1) is 34.3. The number of rotatable bonds is 55. The van der Waals surface area contributed by atoms with Crippen LogP contribution in [0.1, 0.15) is 328 Å². The third kappa shape index (κ3) is 40.6. The van der Waals surface area contributed by atoms with Crippen molar-refractivity contribution in [1.82, 2.24) is 5.32 Å². The summed E-state index contributed by atoms with van der Waals surface area (Å²) in [5, 5.41) is 54.5. The van der Waals surface area contributed by atoms with Gasteiger partial charge in [-0.25, -0.2) is 0 Å². The van der Waals surface area contributed by atoms with Crippen molar-refractivity contribution in [2.24, 2.45) is 0 Å². The molecular formula is C61H121NO8. The van der Waals surface area contributed by atoms with Crippen molar-refractivity contribution >= 4 is 5.91 Å². The van der Waals surface area contributed by atoms with Crippen molar-refractivity contribution in [3.05, 3.63) is 0 Å². The number of carbonyl (C=O) groups is 1. The second-order valence-corrected chi connectivity index (χ2v) is 22.2. The lowest BCUT2D eigenvalue weighted by Gasteiger charge is -2.40. The maximum absolute atomic E-state index is 13.0. The van der Waals surface area contributed by atoms with Crippen molar-refractivity contribution in [1.29, 1.82) is 0 Å². The smallest absolute Gasteiger partial charge is 0.220 e. The average molecular weight is 997 g/mol. The maximum atomic E-state index is 13.0. The van der Waals surface area contributed by atoms with E-state index in [0.29, 0.717) is 12.8 Å². The molecule has 0 saturated carbocycles. The summed E-state index contributed by atoms with van der Waals surface area (Å²) >= 11 is 0. The van der Waals surface area contributed by atoms with Gasteiger partial charge in [0.05, 0.1) is 25.4 Å². The average Bonchev–Trinajstić information content (AvgIpc) is 3.36. The van der Waals surface area contributed by atoms with Crippen LogP contribution in [0, 0.1) is 0 Å². The summed E-state index contributed by atoms with van der Waals surface area (Å²) in [5.41, 5.74) is 0. The number of hydrogen-bond donors (Lipinski definition) is 6. The fraction of sp³-hybridized carbons (Fsp3) is 0.984. The third-order valence-corrected chi connectivity index (χ3v) is 15.5. The van der Waals surface area contributed by atoms with Crippen molar-refractivity contribution in [2.45, 2.75) is 371 Å². The van der Waals surface area contributed by atoms with E-state index in [9.17, 15) is 30.3 Å². The summed E-state index contributed by atoms with van der Waals surface area (Å²) in [6.07, 6.45) is 56.1. The molecule has 0 aromatic heterocycles. The van der Waals surface area contributed by atoms with Crippen molar-refractivity contribution in [3.8, 4) is 0 Å². The van der Waals surface area contributed by atoms with Crippen LogP contribution in [0.4, 0.5) is 0 Å². The van der Waals surface area contributed by atoms with Gasteiger partial charge in [-0.1, -0.05) is 309 Å². The Kier molecular flexibility index (Phi) is 49.6. The molecule has 0 aliphatic carbocycles. The minimum Gasteiger partial charge on any atom is -0.394 e. The van der Waals surface area contributed by atoms with E-state index in [1.165, 1.54) is 263 Å². The second kappa shape index (κ2) is 51.7. The lowest BCUT2D eigenvalue weighted by Crippen LogP contribution is -2.60. The lowest BCUT2D eigenvalue weighted by atomic mass is 9.99. The summed E-state index contributed by atoms with van der Waals surface area (Å²) < 4.78 is 11.3. The molecule has 0 bridgehead atoms. The van der Waals surface area contributed by atoms with Gasteiger partial charge in [-0.15, -0.1) is 0 Å². The molecule has 0 radical (unpaired) electrons. The Morgan fingerprint density at radius 3 is 1.01 bits per heavy atom. The molecule has 0 spiro atoms. The van der Waals surface area contributed by atoms with Gasteiger partial charge < -0.3 is 40.3 Å².